The van der Waals surface area contributed by atoms with E-state index >= 15 is 0 Å². The van der Waals surface area contributed by atoms with Gasteiger partial charge in [0.25, 0.3) is 0 Å². The van der Waals surface area contributed by atoms with Crippen LogP contribution >= 0.6 is 11.3 Å². The van der Waals surface area contributed by atoms with E-state index in [9.17, 15) is 0 Å². The van der Waals surface area contributed by atoms with E-state index in [2.05, 4.69) is 19.2 Å². The molecule has 4 heteroatoms. The van der Waals surface area contributed by atoms with Gasteiger partial charge in [0.1, 0.15) is 16.5 Å². The molecule has 2 atom stereocenters. The van der Waals surface area contributed by atoms with E-state index in [0.29, 0.717) is 5.92 Å². The first-order valence-corrected chi connectivity index (χ1v) is 9.14. The molecule has 112 valence electrons. The predicted molar refractivity (Wildman–Crippen MR) is 89.4 cm³/mol. The van der Waals surface area contributed by atoms with Gasteiger partial charge in [-0.1, -0.05) is 6.92 Å². The Labute approximate surface area is 130 Å². The molecule has 4 rings (SSSR count). The number of anilines is 1. The fourth-order valence-electron chi connectivity index (χ4n) is 3.93. The van der Waals surface area contributed by atoms with Crippen LogP contribution in [0.3, 0.4) is 0 Å². The van der Waals surface area contributed by atoms with Crippen LogP contribution in [0.4, 0.5) is 5.82 Å². The zero-order chi connectivity index (χ0) is 14.4. The third kappa shape index (κ3) is 2.24. The zero-order valence-corrected chi connectivity index (χ0v) is 13.7. The molecule has 2 aromatic heterocycles. The minimum absolute atomic E-state index is 0.568. The number of rotatable bonds is 3. The Morgan fingerprint density at radius 3 is 2.90 bits per heavy atom. The summed E-state index contributed by atoms with van der Waals surface area (Å²) in [4.78, 5) is 12.7. The average Bonchev–Trinajstić information content (AvgIpc) is 3.13. The van der Waals surface area contributed by atoms with E-state index in [1.165, 1.54) is 54.3 Å². The summed E-state index contributed by atoms with van der Waals surface area (Å²) in [7, 11) is 0. The van der Waals surface area contributed by atoms with Gasteiger partial charge in [0.2, 0.25) is 0 Å². The zero-order valence-electron chi connectivity index (χ0n) is 12.9. The summed E-state index contributed by atoms with van der Waals surface area (Å²) in [6, 6.07) is 0. The highest BCUT2D eigenvalue weighted by molar-refractivity contribution is 7.19. The molecule has 0 radical (unpaired) electrons. The van der Waals surface area contributed by atoms with E-state index in [1.54, 1.807) is 4.88 Å². The standard InChI is InChI=1S/C17H23N3S/c1-3-18-16-14-12-5-4-6-13(12)21-17(14)20-15(19-16)11-8-7-10(2)9-11/h10-11H,3-9H2,1-2H3,(H,18,19,20). The van der Waals surface area contributed by atoms with Crippen LogP contribution in [0.15, 0.2) is 0 Å². The maximum absolute atomic E-state index is 4.97. The molecule has 0 amide bonds. The SMILES string of the molecule is CCNc1nc(C2CCC(C)C2)nc2sc3c(c12)CCC3. The summed E-state index contributed by atoms with van der Waals surface area (Å²) in [6.07, 6.45) is 7.56. The fourth-order valence-corrected chi connectivity index (χ4v) is 5.20. The van der Waals surface area contributed by atoms with Crippen molar-refractivity contribution in [2.45, 2.75) is 58.3 Å². The molecule has 1 saturated carbocycles. The Morgan fingerprint density at radius 2 is 2.14 bits per heavy atom. The third-order valence-corrected chi connectivity index (χ3v) is 6.17. The van der Waals surface area contributed by atoms with Gasteiger partial charge in [-0.25, -0.2) is 9.97 Å². The van der Waals surface area contributed by atoms with Crippen LogP contribution in [0.2, 0.25) is 0 Å². The number of hydrogen-bond acceptors (Lipinski definition) is 4. The number of nitrogens with one attached hydrogen (secondary N) is 1. The molecule has 2 unspecified atom stereocenters. The number of thiophene rings is 1. The van der Waals surface area contributed by atoms with Gasteiger partial charge >= 0.3 is 0 Å². The van der Waals surface area contributed by atoms with Crippen LogP contribution in [-0.4, -0.2) is 16.5 Å². The molecular weight excluding hydrogens is 278 g/mol. The van der Waals surface area contributed by atoms with Gasteiger partial charge in [-0.3, -0.25) is 0 Å². The van der Waals surface area contributed by atoms with Crippen LogP contribution < -0.4 is 5.32 Å². The molecule has 1 fully saturated rings. The van der Waals surface area contributed by atoms with E-state index in [1.807, 2.05) is 11.3 Å². The Kier molecular flexibility index (Phi) is 3.37. The predicted octanol–water partition coefficient (Wildman–Crippen LogP) is 4.52. The molecule has 1 N–H and O–H groups in total. The summed E-state index contributed by atoms with van der Waals surface area (Å²) in [5, 5.41) is 4.82. The summed E-state index contributed by atoms with van der Waals surface area (Å²) < 4.78 is 0. The van der Waals surface area contributed by atoms with Crippen LogP contribution in [0.25, 0.3) is 10.2 Å². The molecule has 0 aliphatic heterocycles. The first-order valence-electron chi connectivity index (χ1n) is 8.32. The lowest BCUT2D eigenvalue weighted by Crippen LogP contribution is -2.07. The van der Waals surface area contributed by atoms with Gasteiger partial charge in [0.05, 0.1) is 5.39 Å². The van der Waals surface area contributed by atoms with Gasteiger partial charge in [0, 0.05) is 17.3 Å². The van der Waals surface area contributed by atoms with Crippen molar-refractivity contribution >= 4 is 27.4 Å². The molecule has 0 bridgehead atoms. The Bertz CT molecular complexity index is 676. The Morgan fingerprint density at radius 1 is 1.24 bits per heavy atom. The van der Waals surface area contributed by atoms with Gasteiger partial charge in [-0.15, -0.1) is 11.3 Å². The third-order valence-electron chi connectivity index (χ3n) is 4.99. The molecule has 0 spiro atoms. The largest absolute Gasteiger partial charge is 0.370 e. The quantitative estimate of drug-likeness (QED) is 0.906. The van der Waals surface area contributed by atoms with Crippen molar-refractivity contribution < 1.29 is 0 Å². The van der Waals surface area contributed by atoms with Crippen LogP contribution in [0.5, 0.6) is 0 Å². The molecular formula is C17H23N3S. The molecule has 21 heavy (non-hydrogen) atoms. The maximum atomic E-state index is 4.97. The van der Waals surface area contributed by atoms with Gasteiger partial charge in [-0.2, -0.15) is 0 Å². The average molecular weight is 301 g/mol. The highest BCUT2D eigenvalue weighted by atomic mass is 32.1. The second-order valence-electron chi connectivity index (χ2n) is 6.61. The number of aromatic nitrogens is 2. The first kappa shape index (κ1) is 13.5. The monoisotopic (exact) mass is 301 g/mol. The van der Waals surface area contributed by atoms with Crippen molar-refractivity contribution in [1.29, 1.82) is 0 Å². The number of hydrogen-bond donors (Lipinski definition) is 1. The van der Waals surface area contributed by atoms with Gasteiger partial charge in [0.15, 0.2) is 0 Å². The maximum Gasteiger partial charge on any atom is 0.138 e. The van der Waals surface area contributed by atoms with Crippen LogP contribution in [0.1, 0.15) is 61.7 Å². The van der Waals surface area contributed by atoms with Crippen molar-refractivity contribution in [1.82, 2.24) is 9.97 Å². The molecule has 0 saturated heterocycles. The van der Waals surface area contributed by atoms with E-state index in [4.69, 9.17) is 9.97 Å². The van der Waals surface area contributed by atoms with Crippen LogP contribution in [0, 0.1) is 5.92 Å². The van der Waals surface area contributed by atoms with Crippen molar-refractivity contribution in [3.8, 4) is 0 Å². The van der Waals surface area contributed by atoms with Crippen molar-refractivity contribution in [3.05, 3.63) is 16.3 Å². The first-order chi connectivity index (χ1) is 10.3. The van der Waals surface area contributed by atoms with E-state index in [-0.39, 0.29) is 0 Å². The van der Waals surface area contributed by atoms with Crippen molar-refractivity contribution in [2.75, 3.05) is 11.9 Å². The molecule has 2 aliphatic rings. The second-order valence-corrected chi connectivity index (χ2v) is 7.70. The molecule has 2 heterocycles. The van der Waals surface area contributed by atoms with Crippen LogP contribution in [-0.2, 0) is 12.8 Å². The topological polar surface area (TPSA) is 37.8 Å². The minimum atomic E-state index is 0.568. The summed E-state index contributed by atoms with van der Waals surface area (Å²) in [5.74, 6) is 3.57. The lowest BCUT2D eigenvalue weighted by molar-refractivity contribution is 0.586. The highest BCUT2D eigenvalue weighted by Crippen LogP contribution is 2.42. The van der Waals surface area contributed by atoms with E-state index < -0.39 is 0 Å². The smallest absolute Gasteiger partial charge is 0.138 e. The Balaban J connectivity index is 1.83. The summed E-state index contributed by atoms with van der Waals surface area (Å²) in [5.41, 5.74) is 1.53. The van der Waals surface area contributed by atoms with Gasteiger partial charge < -0.3 is 5.32 Å². The van der Waals surface area contributed by atoms with Gasteiger partial charge in [-0.05, 0) is 56.9 Å². The van der Waals surface area contributed by atoms with Crippen molar-refractivity contribution in [3.63, 3.8) is 0 Å². The molecule has 3 nitrogen and oxygen atoms in total. The summed E-state index contributed by atoms with van der Waals surface area (Å²) >= 11 is 1.91. The highest BCUT2D eigenvalue weighted by Gasteiger charge is 2.28. The number of fused-ring (bicyclic) bond motifs is 3. The molecule has 2 aliphatic carbocycles. The Hall–Kier alpha value is -1.16. The second kappa shape index (κ2) is 5.24. The number of nitrogens with zero attached hydrogens (tertiary/aromatic N) is 2. The number of aryl methyl sites for hydroxylation is 2. The fraction of sp³-hybridized carbons (Fsp3) is 0.647. The molecule has 2 aromatic rings. The molecule has 0 aromatic carbocycles. The minimum Gasteiger partial charge on any atom is -0.370 e. The lowest BCUT2D eigenvalue weighted by Gasteiger charge is -2.12. The lowest BCUT2D eigenvalue weighted by atomic mass is 10.1. The normalized spacial score (nSPS) is 24.7. The van der Waals surface area contributed by atoms with E-state index in [0.717, 1.165) is 24.1 Å². The van der Waals surface area contributed by atoms with Crippen molar-refractivity contribution in [2.24, 2.45) is 5.92 Å². The summed E-state index contributed by atoms with van der Waals surface area (Å²) in [6.45, 7) is 5.43.